The average Bonchev–Trinajstić information content (AvgIpc) is 3.37. The molecule has 2 fully saturated rings. The molecule has 2 aliphatic rings. The van der Waals surface area contributed by atoms with Crippen molar-refractivity contribution < 1.29 is 13.9 Å². The number of nitrogens with zero attached hydrogens (tertiary/aromatic N) is 1. The molecule has 4 rings (SSSR count). The van der Waals surface area contributed by atoms with E-state index in [9.17, 15) is 4.79 Å². The van der Waals surface area contributed by atoms with Crippen LogP contribution in [0.5, 0.6) is 0 Å². The van der Waals surface area contributed by atoms with E-state index < -0.39 is 0 Å². The zero-order chi connectivity index (χ0) is 16.5. The molecule has 1 aliphatic carbocycles. The number of nitrogens with one attached hydrogen (secondary N) is 2. The number of ether oxygens (including phenoxy) is 1. The van der Waals surface area contributed by atoms with Crippen LogP contribution in [0.2, 0.25) is 0 Å². The van der Waals surface area contributed by atoms with Gasteiger partial charge in [0.25, 0.3) is 10.7 Å². The molecule has 0 spiro atoms. The smallest absolute Gasteiger partial charge is 0.284 e. The Morgan fingerprint density at radius 1 is 1.25 bits per heavy atom. The lowest BCUT2D eigenvalue weighted by Gasteiger charge is -2.30. The van der Waals surface area contributed by atoms with Crippen molar-refractivity contribution in [2.24, 2.45) is 5.92 Å². The molecule has 1 aliphatic heterocycles. The zero-order valence-electron chi connectivity index (χ0n) is 13.2. The van der Waals surface area contributed by atoms with Gasteiger partial charge in [0.15, 0.2) is 0 Å². The number of hydrogen-bond acceptors (Lipinski definition) is 5. The van der Waals surface area contributed by atoms with Crippen molar-refractivity contribution in [1.29, 1.82) is 0 Å². The Morgan fingerprint density at radius 3 is 2.71 bits per heavy atom. The molecule has 2 N–H and O–H groups in total. The normalized spacial score (nSPS) is 23.8. The van der Waals surface area contributed by atoms with Gasteiger partial charge in [-0.2, -0.15) is 0 Å². The van der Waals surface area contributed by atoms with Crippen LogP contribution in [-0.4, -0.2) is 34.9 Å². The highest BCUT2D eigenvalue weighted by Gasteiger charge is 2.36. The zero-order valence-corrected chi connectivity index (χ0v) is 14.0. The monoisotopic (exact) mass is 345 g/mol. The van der Waals surface area contributed by atoms with Crippen molar-refractivity contribution in [3.05, 3.63) is 34.7 Å². The van der Waals surface area contributed by atoms with Crippen molar-refractivity contribution in [3.63, 3.8) is 0 Å². The van der Waals surface area contributed by atoms with Gasteiger partial charge < -0.3 is 14.5 Å². The van der Waals surface area contributed by atoms with Gasteiger partial charge in [-0.3, -0.25) is 4.79 Å². The molecule has 2 heterocycles. The van der Waals surface area contributed by atoms with Crippen LogP contribution in [0.1, 0.15) is 36.0 Å². The van der Waals surface area contributed by atoms with E-state index in [1.165, 1.54) is 12.8 Å². The molecule has 7 heteroatoms. The Bertz CT molecular complexity index is 779. The number of H-pyrrole nitrogens is 1. The number of carbonyl (C=O) groups excluding carboxylic acids is 1. The lowest BCUT2D eigenvalue weighted by molar-refractivity contribution is -0.0102. The predicted octanol–water partition coefficient (Wildman–Crippen LogP) is 3.09. The third-order valence-corrected chi connectivity index (χ3v) is 4.80. The van der Waals surface area contributed by atoms with E-state index in [4.69, 9.17) is 21.4 Å². The Morgan fingerprint density at radius 2 is 2.04 bits per heavy atom. The van der Waals surface area contributed by atoms with Gasteiger partial charge >= 0.3 is 0 Å². The fourth-order valence-corrected chi connectivity index (χ4v) is 3.27. The lowest BCUT2D eigenvalue weighted by Crippen LogP contribution is -2.42. The van der Waals surface area contributed by atoms with Gasteiger partial charge in [0.05, 0.1) is 6.10 Å². The highest BCUT2D eigenvalue weighted by Crippen LogP contribution is 2.38. The first-order valence-electron chi connectivity index (χ1n) is 8.27. The van der Waals surface area contributed by atoms with E-state index in [2.05, 4.69) is 15.5 Å². The molecule has 0 radical (unpaired) electrons. The van der Waals surface area contributed by atoms with Gasteiger partial charge in [-0.25, -0.2) is 5.10 Å². The molecule has 1 aromatic carbocycles. The maximum atomic E-state index is 12.4. The minimum absolute atomic E-state index is 0.0501. The van der Waals surface area contributed by atoms with Gasteiger partial charge in [0.1, 0.15) is 0 Å². The van der Waals surface area contributed by atoms with Crippen LogP contribution in [0.4, 0.5) is 0 Å². The largest absolute Gasteiger partial charge is 0.409 e. The molecule has 6 nitrogen and oxygen atoms in total. The molecule has 24 heavy (non-hydrogen) atoms. The molecule has 1 saturated heterocycles. The van der Waals surface area contributed by atoms with Gasteiger partial charge in [-0.1, -0.05) is 0 Å². The first-order valence-corrected chi connectivity index (χ1v) is 8.68. The molecule has 1 saturated carbocycles. The summed E-state index contributed by atoms with van der Waals surface area (Å²) >= 11 is 4.86. The van der Waals surface area contributed by atoms with E-state index >= 15 is 0 Å². The first kappa shape index (κ1) is 15.5. The molecule has 126 valence electrons. The summed E-state index contributed by atoms with van der Waals surface area (Å²) < 4.78 is 11.1. The Balaban J connectivity index is 1.39. The summed E-state index contributed by atoms with van der Waals surface area (Å²) in [5.41, 5.74) is 1.40. The van der Waals surface area contributed by atoms with E-state index in [-0.39, 0.29) is 16.8 Å². The maximum absolute atomic E-state index is 12.4. The molecule has 0 unspecified atom stereocenters. The highest BCUT2D eigenvalue weighted by atomic mass is 32.1. The summed E-state index contributed by atoms with van der Waals surface area (Å²) in [6.45, 7) is 0.731. The van der Waals surface area contributed by atoms with Gasteiger partial charge in [0.2, 0.25) is 5.89 Å². The minimum Gasteiger partial charge on any atom is -0.409 e. The number of hydrogen-bond donors (Lipinski definition) is 2. The third kappa shape index (κ3) is 3.42. The van der Waals surface area contributed by atoms with Crippen LogP contribution in [0.3, 0.4) is 0 Å². The maximum Gasteiger partial charge on any atom is 0.284 e. The fourth-order valence-electron chi connectivity index (χ4n) is 3.14. The van der Waals surface area contributed by atoms with Gasteiger partial charge in [0, 0.05) is 23.8 Å². The Labute approximate surface area is 144 Å². The SMILES string of the molecule is O=C(N[C@H]1CCO[C@H](C2CC2)C1)c1ccc(-c2n[nH]c(=S)o2)cc1. The van der Waals surface area contributed by atoms with Crippen LogP contribution < -0.4 is 5.32 Å². The van der Waals surface area contributed by atoms with E-state index in [0.717, 1.165) is 25.0 Å². The summed E-state index contributed by atoms with van der Waals surface area (Å²) in [7, 11) is 0. The number of carbonyl (C=O) groups is 1. The number of benzene rings is 1. The molecule has 0 bridgehead atoms. The van der Waals surface area contributed by atoms with Crippen molar-refractivity contribution in [2.45, 2.75) is 37.8 Å². The molecule has 1 amide bonds. The van der Waals surface area contributed by atoms with Gasteiger partial charge in [-0.05, 0) is 68.1 Å². The molecule has 1 aromatic heterocycles. The molecule has 2 aromatic rings. The van der Waals surface area contributed by atoms with Crippen molar-refractivity contribution in [2.75, 3.05) is 6.61 Å². The van der Waals surface area contributed by atoms with E-state index in [1.54, 1.807) is 24.3 Å². The Hall–Kier alpha value is -1.99. The summed E-state index contributed by atoms with van der Waals surface area (Å²) in [6.07, 6.45) is 4.64. The fraction of sp³-hybridized carbons (Fsp3) is 0.471. The second-order valence-corrected chi connectivity index (χ2v) is 6.81. The highest BCUT2D eigenvalue weighted by molar-refractivity contribution is 7.71. The van der Waals surface area contributed by atoms with E-state index in [0.29, 0.717) is 23.5 Å². The number of aromatic amines is 1. The topological polar surface area (TPSA) is 80.1 Å². The second-order valence-electron chi connectivity index (χ2n) is 6.44. The van der Waals surface area contributed by atoms with Crippen molar-refractivity contribution in [3.8, 4) is 11.5 Å². The van der Waals surface area contributed by atoms with E-state index in [1.807, 2.05) is 0 Å². The number of aromatic nitrogens is 2. The quantitative estimate of drug-likeness (QED) is 0.833. The predicted molar refractivity (Wildman–Crippen MR) is 90.1 cm³/mol. The van der Waals surface area contributed by atoms with Crippen LogP contribution in [0.15, 0.2) is 28.7 Å². The summed E-state index contributed by atoms with van der Waals surface area (Å²) in [5.74, 6) is 1.07. The molecular weight excluding hydrogens is 326 g/mol. The summed E-state index contributed by atoms with van der Waals surface area (Å²) in [4.78, 5) is 12.7. The lowest BCUT2D eigenvalue weighted by atomic mass is 9.99. The van der Waals surface area contributed by atoms with Crippen LogP contribution >= 0.6 is 12.2 Å². The number of amides is 1. The first-order chi connectivity index (χ1) is 11.7. The minimum atomic E-state index is -0.0501. The molecule has 2 atom stereocenters. The average molecular weight is 345 g/mol. The van der Waals surface area contributed by atoms with Crippen molar-refractivity contribution in [1.82, 2.24) is 15.5 Å². The van der Waals surface area contributed by atoms with Crippen LogP contribution in [0.25, 0.3) is 11.5 Å². The summed E-state index contributed by atoms with van der Waals surface area (Å²) in [5, 5.41) is 9.69. The van der Waals surface area contributed by atoms with Crippen LogP contribution in [0, 0.1) is 10.8 Å². The van der Waals surface area contributed by atoms with Gasteiger partial charge in [-0.15, -0.1) is 5.10 Å². The Kier molecular flexibility index (Phi) is 4.20. The third-order valence-electron chi connectivity index (χ3n) is 4.63. The standard InChI is InChI=1S/C17H19N3O3S/c21-15(18-13-7-8-22-14(9-13)10-1-2-10)11-3-5-12(6-4-11)16-19-20-17(24)23-16/h3-6,10,13-14H,1-2,7-9H2,(H,18,21)(H,20,24)/t13-,14-/m0/s1. The number of rotatable bonds is 4. The second kappa shape index (κ2) is 6.49. The molecular formula is C17H19N3O3S. The van der Waals surface area contributed by atoms with Crippen LogP contribution in [-0.2, 0) is 4.74 Å². The van der Waals surface area contributed by atoms with Crippen molar-refractivity contribution >= 4 is 18.1 Å². The summed E-state index contributed by atoms with van der Waals surface area (Å²) in [6, 6.07) is 7.35.